The van der Waals surface area contributed by atoms with E-state index in [4.69, 9.17) is 15.2 Å². The molecular weight excluding hydrogens is 286 g/mol. The van der Waals surface area contributed by atoms with E-state index >= 15 is 0 Å². The van der Waals surface area contributed by atoms with E-state index in [9.17, 15) is 0 Å². The summed E-state index contributed by atoms with van der Waals surface area (Å²) < 4.78 is 11.6. The topological polar surface area (TPSA) is 44.5 Å². The molecule has 0 aliphatic rings. The minimum atomic E-state index is 0.506. The number of hydrogen-bond donors (Lipinski definition) is 1. The van der Waals surface area contributed by atoms with E-state index in [0.717, 1.165) is 28.4 Å². The second-order valence-corrected chi connectivity index (χ2v) is 5.15. The smallest absolute Gasteiger partial charge is 0.127 e. The highest BCUT2D eigenvalue weighted by molar-refractivity contribution is 5.35. The third-order valence-corrected chi connectivity index (χ3v) is 3.54. The van der Waals surface area contributed by atoms with E-state index in [-0.39, 0.29) is 0 Å². The fourth-order valence-corrected chi connectivity index (χ4v) is 2.29. The third-order valence-electron chi connectivity index (χ3n) is 3.54. The summed E-state index contributed by atoms with van der Waals surface area (Å²) in [4.78, 5) is 0. The van der Waals surface area contributed by atoms with Gasteiger partial charge in [0.25, 0.3) is 0 Å². The predicted molar refractivity (Wildman–Crippen MR) is 91.6 cm³/mol. The van der Waals surface area contributed by atoms with Gasteiger partial charge in [-0.05, 0) is 47.5 Å². The molecule has 0 saturated carbocycles. The van der Waals surface area contributed by atoms with Gasteiger partial charge in [-0.2, -0.15) is 0 Å². The number of rotatable bonds is 6. The quantitative estimate of drug-likeness (QED) is 0.728. The molecule has 23 heavy (non-hydrogen) atoms. The molecule has 2 N–H and O–H groups in total. The molecule has 0 saturated heterocycles. The van der Waals surface area contributed by atoms with Crippen LogP contribution in [0.4, 0.5) is 0 Å². The van der Waals surface area contributed by atoms with Crippen molar-refractivity contribution < 1.29 is 9.47 Å². The van der Waals surface area contributed by atoms with Crippen molar-refractivity contribution in [2.24, 2.45) is 5.73 Å². The summed E-state index contributed by atoms with van der Waals surface area (Å²) in [6.07, 6.45) is 0. The molecule has 3 aromatic rings. The van der Waals surface area contributed by atoms with Crippen LogP contribution in [0.1, 0.15) is 11.1 Å². The van der Waals surface area contributed by atoms with Crippen molar-refractivity contribution >= 4 is 0 Å². The maximum absolute atomic E-state index is 5.83. The van der Waals surface area contributed by atoms with Crippen LogP contribution >= 0.6 is 0 Å². The Kier molecular flexibility index (Phi) is 4.92. The predicted octanol–water partition coefficient (Wildman–Crippen LogP) is 4.52. The van der Waals surface area contributed by atoms with Crippen LogP contribution in [0.5, 0.6) is 17.2 Å². The molecule has 3 heteroatoms. The first-order chi connectivity index (χ1) is 11.3. The molecule has 0 fully saturated rings. The van der Waals surface area contributed by atoms with Gasteiger partial charge in [-0.25, -0.2) is 0 Å². The second-order valence-electron chi connectivity index (χ2n) is 5.15. The monoisotopic (exact) mass is 305 g/mol. The lowest BCUT2D eigenvalue weighted by Gasteiger charge is -2.11. The molecule has 116 valence electrons. The molecule has 0 aliphatic heterocycles. The van der Waals surface area contributed by atoms with Gasteiger partial charge in [0.1, 0.15) is 23.9 Å². The summed E-state index contributed by atoms with van der Waals surface area (Å²) in [5, 5.41) is 0. The molecule has 0 atom stereocenters. The molecule has 0 spiro atoms. The lowest BCUT2D eigenvalue weighted by molar-refractivity contribution is 0.304. The van der Waals surface area contributed by atoms with Crippen LogP contribution in [0.2, 0.25) is 0 Å². The van der Waals surface area contributed by atoms with Crippen molar-refractivity contribution in [2.45, 2.75) is 13.2 Å². The molecule has 3 rings (SSSR count). The molecule has 0 aliphatic carbocycles. The number of hydrogen-bond acceptors (Lipinski definition) is 3. The van der Waals surface area contributed by atoms with Gasteiger partial charge in [-0.15, -0.1) is 0 Å². The van der Waals surface area contributed by atoms with Gasteiger partial charge in [0.15, 0.2) is 0 Å². The maximum atomic E-state index is 5.83. The molecule has 0 bridgehead atoms. The van der Waals surface area contributed by atoms with Crippen LogP contribution < -0.4 is 15.2 Å². The van der Waals surface area contributed by atoms with Crippen LogP contribution in [0.25, 0.3) is 0 Å². The molecule has 0 radical (unpaired) electrons. The highest BCUT2D eigenvalue weighted by Gasteiger charge is 2.02. The van der Waals surface area contributed by atoms with Crippen molar-refractivity contribution in [1.29, 1.82) is 0 Å². The Labute approximate surface area is 136 Å². The minimum Gasteiger partial charge on any atom is -0.489 e. The van der Waals surface area contributed by atoms with E-state index < -0.39 is 0 Å². The standard InChI is InChI=1S/C20H19NO2/c21-14-16-6-4-5-7-17(16)15-22-18-10-12-20(13-11-18)23-19-8-2-1-3-9-19/h1-13H,14-15,21H2. The Morgan fingerprint density at radius 3 is 1.87 bits per heavy atom. The van der Waals surface area contributed by atoms with E-state index in [0.29, 0.717) is 13.2 Å². The highest BCUT2D eigenvalue weighted by atomic mass is 16.5. The van der Waals surface area contributed by atoms with E-state index in [1.165, 1.54) is 0 Å². The Hall–Kier alpha value is -2.78. The van der Waals surface area contributed by atoms with E-state index in [1.807, 2.05) is 78.9 Å². The first kappa shape index (κ1) is 15.1. The van der Waals surface area contributed by atoms with E-state index in [2.05, 4.69) is 0 Å². The number of para-hydroxylation sites is 1. The zero-order chi connectivity index (χ0) is 15.9. The molecule has 3 aromatic carbocycles. The summed E-state index contributed by atoms with van der Waals surface area (Å²) in [6, 6.07) is 25.4. The summed E-state index contributed by atoms with van der Waals surface area (Å²) >= 11 is 0. The van der Waals surface area contributed by atoms with Crippen molar-refractivity contribution in [3.63, 3.8) is 0 Å². The zero-order valence-electron chi connectivity index (χ0n) is 12.8. The fourth-order valence-electron chi connectivity index (χ4n) is 2.29. The molecule has 0 amide bonds. The summed E-state index contributed by atoms with van der Waals surface area (Å²) in [7, 11) is 0. The molecule has 0 unspecified atom stereocenters. The maximum Gasteiger partial charge on any atom is 0.127 e. The molecular formula is C20H19NO2. The summed E-state index contributed by atoms with van der Waals surface area (Å²) in [5.74, 6) is 2.40. The third kappa shape index (κ3) is 4.11. The van der Waals surface area contributed by atoms with Crippen LogP contribution in [-0.2, 0) is 13.2 Å². The Morgan fingerprint density at radius 2 is 1.17 bits per heavy atom. The van der Waals surface area contributed by atoms with Crippen LogP contribution in [0.3, 0.4) is 0 Å². The number of ether oxygens (including phenoxy) is 2. The van der Waals surface area contributed by atoms with Gasteiger partial charge in [-0.3, -0.25) is 0 Å². The largest absolute Gasteiger partial charge is 0.489 e. The number of benzene rings is 3. The molecule has 0 heterocycles. The first-order valence-electron chi connectivity index (χ1n) is 7.58. The lowest BCUT2D eigenvalue weighted by atomic mass is 10.1. The van der Waals surface area contributed by atoms with Gasteiger partial charge < -0.3 is 15.2 Å². The SMILES string of the molecule is NCc1ccccc1COc1ccc(Oc2ccccc2)cc1. The van der Waals surface area contributed by atoms with E-state index in [1.54, 1.807) is 0 Å². The van der Waals surface area contributed by atoms with Gasteiger partial charge in [-0.1, -0.05) is 42.5 Å². The van der Waals surface area contributed by atoms with Crippen LogP contribution in [-0.4, -0.2) is 0 Å². The van der Waals surface area contributed by atoms with Gasteiger partial charge in [0.05, 0.1) is 0 Å². The van der Waals surface area contributed by atoms with Crippen LogP contribution in [0, 0.1) is 0 Å². The fraction of sp³-hybridized carbons (Fsp3) is 0.100. The summed E-state index contributed by atoms with van der Waals surface area (Å²) in [6.45, 7) is 1.02. The van der Waals surface area contributed by atoms with Crippen LogP contribution in [0.15, 0.2) is 78.9 Å². The Balaban J connectivity index is 1.61. The van der Waals surface area contributed by atoms with Crippen molar-refractivity contribution in [1.82, 2.24) is 0 Å². The Bertz CT molecular complexity index is 739. The summed E-state index contributed by atoms with van der Waals surface area (Å²) in [5.41, 5.74) is 7.96. The molecule has 3 nitrogen and oxygen atoms in total. The van der Waals surface area contributed by atoms with Crippen molar-refractivity contribution in [2.75, 3.05) is 0 Å². The Morgan fingerprint density at radius 1 is 0.609 bits per heavy atom. The van der Waals surface area contributed by atoms with Crippen molar-refractivity contribution in [3.05, 3.63) is 90.0 Å². The van der Waals surface area contributed by atoms with Gasteiger partial charge in [0, 0.05) is 6.54 Å². The average Bonchev–Trinajstić information content (AvgIpc) is 2.62. The number of nitrogens with two attached hydrogens (primary N) is 1. The lowest BCUT2D eigenvalue weighted by Crippen LogP contribution is -2.04. The first-order valence-corrected chi connectivity index (χ1v) is 7.58. The normalized spacial score (nSPS) is 10.3. The molecule has 0 aromatic heterocycles. The average molecular weight is 305 g/mol. The zero-order valence-corrected chi connectivity index (χ0v) is 12.8. The highest BCUT2D eigenvalue weighted by Crippen LogP contribution is 2.24. The second kappa shape index (κ2) is 7.47. The van der Waals surface area contributed by atoms with Gasteiger partial charge >= 0.3 is 0 Å². The van der Waals surface area contributed by atoms with Crippen molar-refractivity contribution in [3.8, 4) is 17.2 Å². The van der Waals surface area contributed by atoms with Gasteiger partial charge in [0.2, 0.25) is 0 Å². The minimum absolute atomic E-state index is 0.506.